The minimum absolute atomic E-state index is 0.192. The van der Waals surface area contributed by atoms with E-state index < -0.39 is 11.7 Å². The third kappa shape index (κ3) is 3.82. The largest absolute Gasteiger partial charge is 0.323 e. The zero-order valence-electron chi connectivity index (χ0n) is 12.7. The van der Waals surface area contributed by atoms with Crippen molar-refractivity contribution in [2.75, 3.05) is 5.32 Å². The monoisotopic (exact) mass is 431 g/mol. The van der Waals surface area contributed by atoms with E-state index in [1.54, 1.807) is 12.1 Å². The van der Waals surface area contributed by atoms with E-state index in [0.29, 0.717) is 0 Å². The fourth-order valence-electron chi connectivity index (χ4n) is 2.58. The van der Waals surface area contributed by atoms with Crippen molar-refractivity contribution in [1.29, 1.82) is 0 Å². The molecular formula is C20H15FINO. The zero-order valence-corrected chi connectivity index (χ0v) is 14.9. The molecule has 0 aliphatic rings. The van der Waals surface area contributed by atoms with Gasteiger partial charge in [-0.2, -0.15) is 0 Å². The van der Waals surface area contributed by atoms with Crippen LogP contribution < -0.4 is 5.32 Å². The highest BCUT2D eigenvalue weighted by molar-refractivity contribution is 14.1. The highest BCUT2D eigenvalue weighted by Gasteiger charge is 2.23. The second-order valence-corrected chi connectivity index (χ2v) is 6.61. The van der Waals surface area contributed by atoms with Crippen LogP contribution in [0.3, 0.4) is 0 Å². The first-order valence-corrected chi connectivity index (χ1v) is 8.59. The molecule has 0 radical (unpaired) electrons. The Balaban J connectivity index is 1.95. The first-order valence-electron chi connectivity index (χ1n) is 7.51. The highest BCUT2D eigenvalue weighted by Crippen LogP contribution is 2.27. The van der Waals surface area contributed by atoms with Gasteiger partial charge in [-0.1, -0.05) is 60.7 Å². The van der Waals surface area contributed by atoms with Gasteiger partial charge < -0.3 is 5.32 Å². The second-order valence-electron chi connectivity index (χ2n) is 5.37. The zero-order chi connectivity index (χ0) is 16.9. The van der Waals surface area contributed by atoms with Crippen molar-refractivity contribution in [2.24, 2.45) is 0 Å². The van der Waals surface area contributed by atoms with Gasteiger partial charge in [0.1, 0.15) is 5.82 Å². The Bertz CT molecular complexity index is 797. The predicted octanol–water partition coefficient (Wildman–Crippen LogP) is 5.20. The van der Waals surface area contributed by atoms with E-state index in [1.807, 2.05) is 83.3 Å². The molecular weight excluding hydrogens is 416 g/mol. The van der Waals surface area contributed by atoms with Crippen LogP contribution in [-0.2, 0) is 4.79 Å². The minimum atomic E-state index is -0.494. The fraction of sp³-hybridized carbons (Fsp3) is 0.0500. The summed E-state index contributed by atoms with van der Waals surface area (Å²) in [7, 11) is 0. The Hall–Kier alpha value is -2.21. The van der Waals surface area contributed by atoms with Crippen LogP contribution in [0.4, 0.5) is 10.1 Å². The van der Waals surface area contributed by atoms with Crippen molar-refractivity contribution in [1.82, 2.24) is 0 Å². The Kier molecular flexibility index (Phi) is 5.25. The molecule has 0 atom stereocenters. The molecule has 2 nitrogen and oxygen atoms in total. The van der Waals surface area contributed by atoms with Crippen molar-refractivity contribution in [3.05, 3.63) is 99.4 Å². The molecule has 120 valence electrons. The summed E-state index contributed by atoms with van der Waals surface area (Å²) in [5, 5.41) is 2.72. The van der Waals surface area contributed by atoms with Crippen molar-refractivity contribution < 1.29 is 9.18 Å². The molecule has 1 amide bonds. The molecule has 4 heteroatoms. The van der Waals surface area contributed by atoms with Crippen LogP contribution in [0.5, 0.6) is 0 Å². The summed E-state index contributed by atoms with van der Waals surface area (Å²) in [5.41, 5.74) is 1.93. The van der Waals surface area contributed by atoms with Crippen LogP contribution in [0.15, 0.2) is 78.9 Å². The number of rotatable bonds is 4. The van der Waals surface area contributed by atoms with E-state index in [1.165, 1.54) is 6.07 Å². The van der Waals surface area contributed by atoms with E-state index in [4.69, 9.17) is 0 Å². The quantitative estimate of drug-likeness (QED) is 0.566. The molecule has 3 aromatic carbocycles. The van der Waals surface area contributed by atoms with Gasteiger partial charge in [-0.05, 0) is 51.9 Å². The van der Waals surface area contributed by atoms with Gasteiger partial charge in [-0.15, -0.1) is 0 Å². The molecule has 0 fully saturated rings. The Morgan fingerprint density at radius 2 is 1.42 bits per heavy atom. The third-order valence-electron chi connectivity index (χ3n) is 3.72. The summed E-state index contributed by atoms with van der Waals surface area (Å²) in [6, 6.07) is 23.7. The number of carbonyl (C=O) groups is 1. The van der Waals surface area contributed by atoms with Crippen molar-refractivity contribution in [3.63, 3.8) is 0 Å². The van der Waals surface area contributed by atoms with Gasteiger partial charge in [-0.25, -0.2) is 4.39 Å². The number of amides is 1. The van der Waals surface area contributed by atoms with Gasteiger partial charge >= 0.3 is 0 Å². The Labute approximate surface area is 153 Å². The number of carbonyl (C=O) groups excluding carboxylic acids is 1. The maximum atomic E-state index is 14.1. The Morgan fingerprint density at radius 1 is 0.875 bits per heavy atom. The first kappa shape index (κ1) is 16.6. The maximum absolute atomic E-state index is 14.1. The molecule has 0 bridgehead atoms. The molecule has 3 rings (SSSR count). The van der Waals surface area contributed by atoms with Gasteiger partial charge in [0, 0.05) is 3.57 Å². The fourth-order valence-corrected chi connectivity index (χ4v) is 3.04. The average Bonchev–Trinajstić information content (AvgIpc) is 2.60. The van der Waals surface area contributed by atoms with E-state index in [2.05, 4.69) is 5.32 Å². The molecule has 3 aromatic rings. The van der Waals surface area contributed by atoms with Gasteiger partial charge in [-0.3, -0.25) is 4.79 Å². The van der Waals surface area contributed by atoms with E-state index in [9.17, 15) is 9.18 Å². The highest BCUT2D eigenvalue weighted by atomic mass is 127. The standard InChI is InChI=1S/C20H15FINO/c21-17-13-16(22)11-12-18(17)23-20(24)19(14-7-3-1-4-8-14)15-9-5-2-6-10-15/h1-13,19H,(H,23,24). The lowest BCUT2D eigenvalue weighted by Gasteiger charge is -2.18. The number of nitrogens with one attached hydrogen (secondary N) is 1. The summed E-state index contributed by atoms with van der Waals surface area (Å²) >= 11 is 2.04. The molecule has 0 aliphatic heterocycles. The van der Waals surface area contributed by atoms with Crippen LogP contribution in [0.1, 0.15) is 17.0 Å². The molecule has 0 aromatic heterocycles. The van der Waals surface area contributed by atoms with Gasteiger partial charge in [0.2, 0.25) is 5.91 Å². The van der Waals surface area contributed by atoms with Crippen LogP contribution >= 0.6 is 22.6 Å². The summed E-state index contributed by atoms with van der Waals surface area (Å²) in [6.45, 7) is 0. The molecule has 0 saturated carbocycles. The first-order chi connectivity index (χ1) is 11.6. The third-order valence-corrected chi connectivity index (χ3v) is 4.39. The summed E-state index contributed by atoms with van der Waals surface area (Å²) in [5.74, 6) is -1.19. The molecule has 0 spiro atoms. The van der Waals surface area contributed by atoms with Crippen molar-refractivity contribution in [2.45, 2.75) is 5.92 Å². The number of hydrogen-bond acceptors (Lipinski definition) is 1. The van der Waals surface area contributed by atoms with E-state index >= 15 is 0 Å². The minimum Gasteiger partial charge on any atom is -0.323 e. The van der Waals surface area contributed by atoms with Crippen LogP contribution in [-0.4, -0.2) is 5.91 Å². The van der Waals surface area contributed by atoms with Crippen LogP contribution in [0, 0.1) is 9.39 Å². The molecule has 0 unspecified atom stereocenters. The lowest BCUT2D eigenvalue weighted by Crippen LogP contribution is -2.22. The molecule has 0 heterocycles. The van der Waals surface area contributed by atoms with Gasteiger partial charge in [0.05, 0.1) is 11.6 Å². The van der Waals surface area contributed by atoms with Crippen molar-refractivity contribution >= 4 is 34.2 Å². The van der Waals surface area contributed by atoms with Crippen LogP contribution in [0.25, 0.3) is 0 Å². The predicted molar refractivity (Wildman–Crippen MR) is 102 cm³/mol. The topological polar surface area (TPSA) is 29.1 Å². The number of anilines is 1. The van der Waals surface area contributed by atoms with Gasteiger partial charge in [0.15, 0.2) is 0 Å². The number of halogens is 2. The summed E-state index contributed by atoms with van der Waals surface area (Å²) < 4.78 is 14.8. The molecule has 0 aliphatic carbocycles. The lowest BCUT2D eigenvalue weighted by atomic mass is 9.90. The summed E-state index contributed by atoms with van der Waals surface area (Å²) in [4.78, 5) is 12.9. The molecule has 1 N–H and O–H groups in total. The normalized spacial score (nSPS) is 10.6. The lowest BCUT2D eigenvalue weighted by molar-refractivity contribution is -0.116. The average molecular weight is 431 g/mol. The van der Waals surface area contributed by atoms with E-state index in [-0.39, 0.29) is 11.6 Å². The van der Waals surface area contributed by atoms with E-state index in [0.717, 1.165) is 14.7 Å². The number of hydrogen-bond donors (Lipinski definition) is 1. The van der Waals surface area contributed by atoms with Gasteiger partial charge in [0.25, 0.3) is 0 Å². The number of benzene rings is 3. The molecule has 0 saturated heterocycles. The van der Waals surface area contributed by atoms with Crippen molar-refractivity contribution in [3.8, 4) is 0 Å². The smallest absolute Gasteiger partial charge is 0.236 e. The molecule has 24 heavy (non-hydrogen) atoms. The summed E-state index contributed by atoms with van der Waals surface area (Å²) in [6.07, 6.45) is 0. The van der Waals surface area contributed by atoms with Crippen LogP contribution in [0.2, 0.25) is 0 Å². The Morgan fingerprint density at radius 3 is 1.92 bits per heavy atom. The second kappa shape index (κ2) is 7.57. The SMILES string of the molecule is O=C(Nc1ccc(I)cc1F)C(c1ccccc1)c1ccccc1. The maximum Gasteiger partial charge on any atom is 0.236 e.